The number of nitrogens with one attached hydrogen (secondary N) is 1. The van der Waals surface area contributed by atoms with Crippen LogP contribution in [0.1, 0.15) is 55.2 Å². The van der Waals surface area contributed by atoms with E-state index < -0.39 is 5.54 Å². The summed E-state index contributed by atoms with van der Waals surface area (Å²) in [6.07, 6.45) is 3.40. The molecule has 1 saturated heterocycles. The number of anilines is 2. The number of nitrogens with two attached hydrogens (primary N) is 1. The number of amides is 1. The third-order valence-electron chi connectivity index (χ3n) is 7.33. The predicted molar refractivity (Wildman–Crippen MR) is 143 cm³/mol. The first kappa shape index (κ1) is 25.2. The first-order valence-corrected chi connectivity index (χ1v) is 12.6. The van der Waals surface area contributed by atoms with Gasteiger partial charge >= 0.3 is 0 Å². The predicted octanol–water partition coefficient (Wildman–Crippen LogP) is 3.38. The molecule has 9 nitrogen and oxygen atoms in total. The van der Waals surface area contributed by atoms with Gasteiger partial charge in [0.2, 0.25) is 0 Å². The quantitative estimate of drug-likeness (QED) is 0.498. The Kier molecular flexibility index (Phi) is 6.67. The number of aromatic nitrogens is 3. The SMILES string of the molecule is COCc1ccc(NC(=O)c2c(C#CC(C)(C)N3CCOCC3)n(C3(C)CC3)c3ncnc(N)c23)cc1. The zero-order valence-electron chi connectivity index (χ0n) is 21.9. The average molecular weight is 503 g/mol. The molecule has 2 fully saturated rings. The van der Waals surface area contributed by atoms with Gasteiger partial charge in [0.1, 0.15) is 23.5 Å². The molecule has 0 unspecified atom stereocenters. The maximum Gasteiger partial charge on any atom is 0.259 e. The van der Waals surface area contributed by atoms with Crippen LogP contribution < -0.4 is 11.1 Å². The maximum absolute atomic E-state index is 13.8. The lowest BCUT2D eigenvalue weighted by Crippen LogP contribution is -2.49. The number of methoxy groups -OCH3 is 1. The van der Waals surface area contributed by atoms with E-state index in [-0.39, 0.29) is 17.3 Å². The normalized spacial score (nSPS) is 17.3. The van der Waals surface area contributed by atoms with Crippen molar-refractivity contribution in [1.29, 1.82) is 0 Å². The number of nitrogens with zero attached hydrogens (tertiary/aromatic N) is 4. The number of ether oxygens (including phenoxy) is 2. The number of rotatable bonds is 6. The molecule has 5 rings (SSSR count). The summed E-state index contributed by atoms with van der Waals surface area (Å²) in [4.78, 5) is 24.9. The Morgan fingerprint density at radius 3 is 2.57 bits per heavy atom. The van der Waals surface area contributed by atoms with Gasteiger partial charge in [0, 0.05) is 31.4 Å². The number of benzene rings is 1. The summed E-state index contributed by atoms with van der Waals surface area (Å²) in [7, 11) is 1.65. The van der Waals surface area contributed by atoms with Gasteiger partial charge in [-0.1, -0.05) is 18.1 Å². The molecular weight excluding hydrogens is 468 g/mol. The number of morpholine rings is 1. The summed E-state index contributed by atoms with van der Waals surface area (Å²) < 4.78 is 12.8. The summed E-state index contributed by atoms with van der Waals surface area (Å²) in [5.74, 6) is 6.85. The van der Waals surface area contributed by atoms with Crippen LogP contribution in [-0.2, 0) is 21.6 Å². The van der Waals surface area contributed by atoms with Gasteiger partial charge in [-0.25, -0.2) is 9.97 Å². The highest BCUT2D eigenvalue weighted by Crippen LogP contribution is 2.47. The summed E-state index contributed by atoms with van der Waals surface area (Å²) in [5.41, 5.74) is 9.14. The van der Waals surface area contributed by atoms with Gasteiger partial charge in [-0.3, -0.25) is 9.69 Å². The summed E-state index contributed by atoms with van der Waals surface area (Å²) in [6.45, 7) is 9.88. The van der Waals surface area contributed by atoms with Crippen molar-refractivity contribution in [2.45, 2.75) is 51.3 Å². The summed E-state index contributed by atoms with van der Waals surface area (Å²) in [6, 6.07) is 7.58. The second kappa shape index (κ2) is 9.78. The molecule has 0 spiro atoms. The van der Waals surface area contributed by atoms with E-state index in [1.54, 1.807) is 7.11 Å². The van der Waals surface area contributed by atoms with Gasteiger partial charge < -0.3 is 25.1 Å². The second-order valence-electron chi connectivity index (χ2n) is 10.5. The molecule has 2 aromatic heterocycles. The Morgan fingerprint density at radius 1 is 1.22 bits per heavy atom. The van der Waals surface area contributed by atoms with Crippen molar-refractivity contribution >= 4 is 28.4 Å². The van der Waals surface area contributed by atoms with E-state index in [2.05, 4.69) is 57.4 Å². The Bertz CT molecular complexity index is 1370. The van der Waals surface area contributed by atoms with Crippen LogP contribution in [0.5, 0.6) is 0 Å². The van der Waals surface area contributed by atoms with Crippen molar-refractivity contribution in [1.82, 2.24) is 19.4 Å². The van der Waals surface area contributed by atoms with Crippen molar-refractivity contribution in [3.8, 4) is 11.8 Å². The Morgan fingerprint density at radius 2 is 1.92 bits per heavy atom. The number of fused-ring (bicyclic) bond motifs is 1. The fourth-order valence-corrected chi connectivity index (χ4v) is 4.86. The van der Waals surface area contributed by atoms with Gasteiger partial charge in [0.25, 0.3) is 5.91 Å². The largest absolute Gasteiger partial charge is 0.383 e. The Balaban J connectivity index is 1.61. The lowest BCUT2D eigenvalue weighted by atomic mass is 10.0. The van der Waals surface area contributed by atoms with E-state index in [1.807, 2.05) is 24.3 Å². The lowest BCUT2D eigenvalue weighted by Gasteiger charge is -2.37. The topological polar surface area (TPSA) is 108 Å². The van der Waals surface area contributed by atoms with Crippen molar-refractivity contribution in [3.05, 3.63) is 47.4 Å². The number of carbonyl (C=O) groups excluding carboxylic acids is 1. The maximum atomic E-state index is 13.8. The highest BCUT2D eigenvalue weighted by molar-refractivity contribution is 6.16. The molecule has 2 aliphatic rings. The minimum atomic E-state index is -0.405. The monoisotopic (exact) mass is 502 g/mol. The van der Waals surface area contributed by atoms with Crippen LogP contribution in [0.2, 0.25) is 0 Å². The van der Waals surface area contributed by atoms with E-state index >= 15 is 0 Å². The molecule has 0 bridgehead atoms. The molecule has 9 heteroatoms. The summed E-state index contributed by atoms with van der Waals surface area (Å²) >= 11 is 0. The smallest absolute Gasteiger partial charge is 0.259 e. The molecule has 3 aromatic rings. The standard InChI is InChI=1S/C28H34N6O3/c1-27(2,33-13-15-37-16-14-33)10-9-21-22(26(35)32-20-7-5-19(6-8-20)17-36-4)23-24(29)30-18-31-25(23)34(21)28(3)11-12-28/h5-8,18H,11-17H2,1-4H3,(H,32,35)(H2,29,30,31). The van der Waals surface area contributed by atoms with E-state index in [0.717, 1.165) is 31.5 Å². The number of nitrogen functional groups attached to an aromatic ring is 1. The van der Waals surface area contributed by atoms with Crippen LogP contribution in [0.3, 0.4) is 0 Å². The first-order chi connectivity index (χ1) is 17.7. The molecule has 0 radical (unpaired) electrons. The van der Waals surface area contributed by atoms with Gasteiger partial charge in [-0.15, -0.1) is 0 Å². The second-order valence-corrected chi connectivity index (χ2v) is 10.5. The molecular formula is C28H34N6O3. The van der Waals surface area contributed by atoms with Gasteiger partial charge in [0.15, 0.2) is 0 Å². The van der Waals surface area contributed by atoms with Crippen LogP contribution in [0, 0.1) is 11.8 Å². The van der Waals surface area contributed by atoms with Crippen molar-refractivity contribution in [2.75, 3.05) is 44.5 Å². The minimum absolute atomic E-state index is 0.174. The van der Waals surface area contributed by atoms with Crippen LogP contribution in [0.25, 0.3) is 11.0 Å². The Hall–Kier alpha value is -3.45. The highest BCUT2D eigenvalue weighted by Gasteiger charge is 2.44. The molecule has 3 N–H and O–H groups in total. The summed E-state index contributed by atoms with van der Waals surface area (Å²) in [5, 5.41) is 3.57. The van der Waals surface area contributed by atoms with E-state index in [0.29, 0.717) is 47.8 Å². The van der Waals surface area contributed by atoms with Gasteiger partial charge in [-0.05, 0) is 57.2 Å². The molecule has 1 saturated carbocycles. The Labute approximate surface area is 217 Å². The number of hydrogen-bond acceptors (Lipinski definition) is 7. The van der Waals surface area contributed by atoms with Gasteiger partial charge in [-0.2, -0.15) is 0 Å². The molecule has 0 atom stereocenters. The fourth-order valence-electron chi connectivity index (χ4n) is 4.86. The average Bonchev–Trinajstić information content (AvgIpc) is 3.53. The zero-order valence-corrected chi connectivity index (χ0v) is 21.9. The fraction of sp³-hybridized carbons (Fsp3) is 0.464. The third kappa shape index (κ3) is 4.92. The third-order valence-corrected chi connectivity index (χ3v) is 7.33. The molecule has 1 aliphatic carbocycles. The van der Waals surface area contributed by atoms with E-state index in [9.17, 15) is 4.79 Å². The van der Waals surface area contributed by atoms with Gasteiger partial charge in [0.05, 0.1) is 36.3 Å². The molecule has 1 aliphatic heterocycles. The van der Waals surface area contributed by atoms with Crippen LogP contribution in [0.15, 0.2) is 30.6 Å². The van der Waals surface area contributed by atoms with Crippen LogP contribution >= 0.6 is 0 Å². The van der Waals surface area contributed by atoms with Crippen molar-refractivity contribution in [3.63, 3.8) is 0 Å². The number of hydrogen-bond donors (Lipinski definition) is 2. The van der Waals surface area contributed by atoms with Crippen molar-refractivity contribution < 1.29 is 14.3 Å². The van der Waals surface area contributed by atoms with Crippen LogP contribution in [0.4, 0.5) is 11.5 Å². The lowest BCUT2D eigenvalue weighted by molar-refractivity contribution is 0.00739. The highest BCUT2D eigenvalue weighted by atomic mass is 16.5. The van der Waals surface area contributed by atoms with E-state index in [4.69, 9.17) is 15.2 Å². The molecule has 194 valence electrons. The van der Waals surface area contributed by atoms with E-state index in [1.165, 1.54) is 6.33 Å². The van der Waals surface area contributed by atoms with Crippen LogP contribution in [-0.4, -0.2) is 64.3 Å². The van der Waals surface area contributed by atoms with Crippen molar-refractivity contribution in [2.24, 2.45) is 0 Å². The molecule has 1 aromatic carbocycles. The first-order valence-electron chi connectivity index (χ1n) is 12.6. The zero-order chi connectivity index (χ0) is 26.2. The minimum Gasteiger partial charge on any atom is -0.383 e. The molecule has 3 heterocycles. The number of carbonyl (C=O) groups is 1. The molecule has 37 heavy (non-hydrogen) atoms. The molecule has 1 amide bonds.